The Labute approximate surface area is 189 Å². The van der Waals surface area contributed by atoms with Gasteiger partial charge in [-0.15, -0.1) is 0 Å². The van der Waals surface area contributed by atoms with Crippen molar-refractivity contribution >= 4 is 0 Å². The summed E-state index contributed by atoms with van der Waals surface area (Å²) in [5.74, 6) is 0. The van der Waals surface area contributed by atoms with Crippen LogP contribution in [-0.2, 0) is 17.5 Å². The molecule has 32 heavy (non-hydrogen) atoms. The van der Waals surface area contributed by atoms with Gasteiger partial charge >= 0.3 is 0 Å². The molecule has 0 spiro atoms. The second-order valence-electron chi connectivity index (χ2n) is 9.31. The molecule has 1 aliphatic carbocycles. The van der Waals surface area contributed by atoms with Crippen LogP contribution in [0.1, 0.15) is 53.6 Å². The fourth-order valence-corrected chi connectivity index (χ4v) is 5.13. The summed E-state index contributed by atoms with van der Waals surface area (Å²) in [6, 6.07) is 21.3. The highest BCUT2D eigenvalue weighted by atomic mass is 15.2. The number of piperidine rings is 1. The highest BCUT2D eigenvalue weighted by Crippen LogP contribution is 2.50. The van der Waals surface area contributed by atoms with Crippen LogP contribution in [0.3, 0.4) is 0 Å². The molecule has 2 fully saturated rings. The van der Waals surface area contributed by atoms with Crippen LogP contribution in [0.2, 0.25) is 0 Å². The van der Waals surface area contributed by atoms with E-state index in [1.165, 1.54) is 16.8 Å². The second kappa shape index (κ2) is 7.93. The molecule has 0 bridgehead atoms. The maximum absolute atomic E-state index is 10.0. The molecule has 3 aromatic rings. The van der Waals surface area contributed by atoms with Crippen LogP contribution in [0.15, 0.2) is 61.1 Å². The number of nitriles is 2. The molecule has 0 N–H and O–H groups in total. The fraction of sp³-hybridized carbons (Fsp3) is 0.370. The normalized spacial score (nSPS) is 19.1. The van der Waals surface area contributed by atoms with Gasteiger partial charge in [0.25, 0.3) is 0 Å². The van der Waals surface area contributed by atoms with Gasteiger partial charge < -0.3 is 4.57 Å². The van der Waals surface area contributed by atoms with Gasteiger partial charge in [0, 0.05) is 25.8 Å². The summed E-state index contributed by atoms with van der Waals surface area (Å²) >= 11 is 0. The second-order valence-corrected chi connectivity index (χ2v) is 9.31. The van der Waals surface area contributed by atoms with Crippen LogP contribution < -0.4 is 0 Å². The van der Waals surface area contributed by atoms with E-state index in [2.05, 4.69) is 69.9 Å². The summed E-state index contributed by atoms with van der Waals surface area (Å²) in [6.45, 7) is 4.72. The van der Waals surface area contributed by atoms with Crippen molar-refractivity contribution in [1.29, 1.82) is 10.5 Å². The highest BCUT2D eigenvalue weighted by molar-refractivity contribution is 5.39. The minimum atomic E-state index is -0.384. The standard InChI is InChI=1S/C27H27N5/c1-21-2-6-23(7-3-21)26(19-29)12-14-31(15-13-26)18-25-17-30-20-32(25)27(10-11-27)24-8-4-22(16-28)5-9-24/h2-9,17,20H,10-15,18H2,1H3. The van der Waals surface area contributed by atoms with Crippen molar-refractivity contribution in [2.75, 3.05) is 13.1 Å². The number of benzene rings is 2. The highest BCUT2D eigenvalue weighted by Gasteiger charge is 2.47. The van der Waals surface area contributed by atoms with Gasteiger partial charge in [-0.3, -0.25) is 4.90 Å². The topological polar surface area (TPSA) is 68.6 Å². The van der Waals surface area contributed by atoms with Crippen LogP contribution in [0.4, 0.5) is 0 Å². The summed E-state index contributed by atoms with van der Waals surface area (Å²) in [4.78, 5) is 6.94. The first-order valence-electron chi connectivity index (χ1n) is 11.3. The van der Waals surface area contributed by atoms with Gasteiger partial charge in [-0.25, -0.2) is 4.98 Å². The fourth-order valence-electron chi connectivity index (χ4n) is 5.13. The zero-order valence-corrected chi connectivity index (χ0v) is 18.5. The summed E-state index contributed by atoms with van der Waals surface area (Å²) in [7, 11) is 0. The van der Waals surface area contributed by atoms with E-state index in [0.29, 0.717) is 5.56 Å². The maximum Gasteiger partial charge on any atom is 0.0991 e. The van der Waals surface area contributed by atoms with Crippen LogP contribution in [-0.4, -0.2) is 27.5 Å². The Morgan fingerprint density at radius 3 is 2.16 bits per heavy atom. The predicted molar refractivity (Wildman–Crippen MR) is 123 cm³/mol. The molecule has 0 radical (unpaired) electrons. The van der Waals surface area contributed by atoms with Crippen LogP contribution in [0.25, 0.3) is 0 Å². The largest absolute Gasteiger partial charge is 0.323 e. The number of aromatic nitrogens is 2. The third-order valence-electron chi connectivity index (χ3n) is 7.36. The maximum atomic E-state index is 10.0. The molecule has 5 nitrogen and oxygen atoms in total. The van der Waals surface area contributed by atoms with Gasteiger partial charge in [-0.2, -0.15) is 10.5 Å². The quantitative estimate of drug-likeness (QED) is 0.601. The molecule has 2 heterocycles. The molecule has 2 aliphatic rings. The lowest BCUT2D eigenvalue weighted by Crippen LogP contribution is -2.42. The van der Waals surface area contributed by atoms with Crippen molar-refractivity contribution in [2.24, 2.45) is 0 Å². The molecule has 5 heteroatoms. The molecular formula is C27H27N5. The van der Waals surface area contributed by atoms with Crippen LogP contribution in [0, 0.1) is 29.6 Å². The third-order valence-corrected chi connectivity index (χ3v) is 7.36. The average Bonchev–Trinajstić information content (AvgIpc) is 3.52. The lowest BCUT2D eigenvalue weighted by molar-refractivity contribution is 0.174. The van der Waals surface area contributed by atoms with Gasteiger partial charge in [0.05, 0.1) is 40.7 Å². The molecule has 1 aromatic heterocycles. The Balaban J connectivity index is 1.31. The zero-order valence-electron chi connectivity index (χ0n) is 18.5. The number of hydrogen-bond donors (Lipinski definition) is 0. The van der Waals surface area contributed by atoms with Gasteiger partial charge in [0.2, 0.25) is 0 Å². The van der Waals surface area contributed by atoms with Crippen molar-refractivity contribution < 1.29 is 0 Å². The van der Waals surface area contributed by atoms with Gasteiger partial charge in [0.1, 0.15) is 0 Å². The van der Waals surface area contributed by atoms with Crippen molar-refractivity contribution in [3.8, 4) is 12.1 Å². The van der Waals surface area contributed by atoms with Crippen molar-refractivity contribution in [3.05, 3.63) is 89.0 Å². The first kappa shape index (κ1) is 20.5. The van der Waals surface area contributed by atoms with Gasteiger partial charge in [-0.05, 0) is 55.9 Å². The Morgan fingerprint density at radius 2 is 1.56 bits per heavy atom. The third kappa shape index (κ3) is 3.49. The van der Waals surface area contributed by atoms with E-state index >= 15 is 0 Å². The Morgan fingerprint density at radius 1 is 0.906 bits per heavy atom. The number of imidazole rings is 1. The van der Waals surface area contributed by atoms with E-state index in [4.69, 9.17) is 5.26 Å². The van der Waals surface area contributed by atoms with E-state index < -0.39 is 0 Å². The minimum absolute atomic E-state index is 0.0338. The predicted octanol–water partition coefficient (Wildman–Crippen LogP) is 4.66. The Kier molecular flexibility index (Phi) is 5.08. The van der Waals surface area contributed by atoms with Crippen molar-refractivity contribution in [2.45, 2.75) is 50.1 Å². The summed E-state index contributed by atoms with van der Waals surface area (Å²) in [5, 5.41) is 19.1. The van der Waals surface area contributed by atoms with Gasteiger partial charge in [0.15, 0.2) is 0 Å². The molecule has 0 atom stereocenters. The van der Waals surface area contributed by atoms with Crippen molar-refractivity contribution in [3.63, 3.8) is 0 Å². The monoisotopic (exact) mass is 421 g/mol. The number of aryl methyl sites for hydroxylation is 1. The van der Waals surface area contributed by atoms with Crippen LogP contribution in [0.5, 0.6) is 0 Å². The Bertz CT molecular complexity index is 1180. The summed E-state index contributed by atoms with van der Waals surface area (Å²) < 4.78 is 2.33. The molecule has 1 aliphatic heterocycles. The first-order valence-corrected chi connectivity index (χ1v) is 11.3. The van der Waals surface area contributed by atoms with E-state index in [1.54, 1.807) is 0 Å². The van der Waals surface area contributed by atoms with Gasteiger partial charge in [-0.1, -0.05) is 42.0 Å². The number of nitrogens with zero attached hydrogens (tertiary/aromatic N) is 5. The number of rotatable bonds is 5. The van der Waals surface area contributed by atoms with E-state index in [0.717, 1.165) is 50.9 Å². The molecule has 5 rings (SSSR count). The van der Waals surface area contributed by atoms with Crippen LogP contribution >= 0.6 is 0 Å². The molecule has 160 valence electrons. The SMILES string of the molecule is Cc1ccc(C2(C#N)CCN(Cc3cncn3C3(c4ccc(C#N)cc4)CC3)CC2)cc1. The average molecular weight is 422 g/mol. The van der Waals surface area contributed by atoms with E-state index in [-0.39, 0.29) is 11.0 Å². The molecule has 1 saturated carbocycles. The minimum Gasteiger partial charge on any atom is -0.323 e. The lowest BCUT2D eigenvalue weighted by atomic mass is 9.74. The zero-order chi connectivity index (χ0) is 22.2. The molecule has 1 saturated heterocycles. The number of hydrogen-bond acceptors (Lipinski definition) is 4. The molecular weight excluding hydrogens is 394 g/mol. The summed E-state index contributed by atoms with van der Waals surface area (Å²) in [6.07, 6.45) is 7.82. The smallest absolute Gasteiger partial charge is 0.0991 e. The Hall–Kier alpha value is -3.41. The van der Waals surface area contributed by atoms with E-state index in [9.17, 15) is 5.26 Å². The summed E-state index contributed by atoms with van der Waals surface area (Å²) in [5.41, 5.74) is 5.11. The lowest BCUT2D eigenvalue weighted by Gasteiger charge is -2.38. The molecule has 2 aromatic carbocycles. The number of likely N-dealkylation sites (tertiary alicyclic amines) is 1. The first-order chi connectivity index (χ1) is 15.6. The molecule has 0 amide bonds. The van der Waals surface area contributed by atoms with E-state index in [1.807, 2.05) is 24.7 Å². The molecule has 0 unspecified atom stereocenters. The van der Waals surface area contributed by atoms with Crippen molar-refractivity contribution in [1.82, 2.24) is 14.5 Å².